The molecule has 0 aliphatic heterocycles. The lowest BCUT2D eigenvalue weighted by Crippen LogP contribution is -1.87. The molecule has 1 rings (SSSR count). The Hall–Kier alpha value is 0.310. The molecule has 0 saturated carbocycles. The predicted octanol–water partition coefficient (Wildman–Crippen LogP) is 3.86. The van der Waals surface area contributed by atoms with Gasteiger partial charge in [-0.1, -0.05) is 46.4 Å². The summed E-state index contributed by atoms with van der Waals surface area (Å²) in [4.78, 5) is 3.16. The van der Waals surface area contributed by atoms with Crippen LogP contribution in [0.4, 0.5) is 0 Å². The van der Waals surface area contributed by atoms with Crippen molar-refractivity contribution in [1.29, 1.82) is 0 Å². The molecule has 11 heavy (non-hydrogen) atoms. The van der Waals surface area contributed by atoms with Crippen LogP contribution in [0, 0.1) is 0 Å². The molecule has 5 heteroatoms. The van der Waals surface area contributed by atoms with Crippen molar-refractivity contribution in [3.05, 3.63) is 28.0 Å². The van der Waals surface area contributed by atoms with Crippen LogP contribution in [-0.4, -0.2) is 4.98 Å². The first-order chi connectivity index (χ1) is 5.09. The van der Waals surface area contributed by atoms with Crippen molar-refractivity contribution in [3.8, 4) is 0 Å². The van der Waals surface area contributed by atoms with Crippen molar-refractivity contribution < 1.29 is 0 Å². The van der Waals surface area contributed by atoms with Crippen molar-refractivity contribution in [2.75, 3.05) is 0 Å². The summed E-state index contributed by atoms with van der Waals surface area (Å²) in [5.41, 5.74) is 0.464. The van der Waals surface area contributed by atoms with E-state index in [2.05, 4.69) is 4.98 Å². The summed E-state index contributed by atoms with van der Waals surface area (Å²) < 4.78 is 0. The molecule has 0 aromatic carbocycles. The van der Waals surface area contributed by atoms with Gasteiger partial charge in [0, 0.05) is 5.02 Å². The van der Waals surface area contributed by atoms with Crippen LogP contribution in [0.2, 0.25) is 10.2 Å². The van der Waals surface area contributed by atoms with Crippen LogP contribution < -0.4 is 0 Å². The summed E-state index contributed by atoms with van der Waals surface area (Å²) in [6.45, 7) is 0. The van der Waals surface area contributed by atoms with E-state index < -0.39 is 4.84 Å². The Bertz CT molecular complexity index is 241. The van der Waals surface area contributed by atoms with Crippen molar-refractivity contribution in [2.24, 2.45) is 0 Å². The van der Waals surface area contributed by atoms with Crippen molar-refractivity contribution in [2.45, 2.75) is 4.84 Å². The van der Waals surface area contributed by atoms with Crippen LogP contribution in [0.15, 0.2) is 12.1 Å². The lowest BCUT2D eigenvalue weighted by atomic mass is 10.4. The molecule has 1 aromatic heterocycles. The molecule has 0 fully saturated rings. The molecule has 60 valence electrons. The highest BCUT2D eigenvalue weighted by atomic mass is 35.5. The number of alkyl halides is 2. The maximum Gasteiger partial charge on any atom is 0.149 e. The fourth-order valence-corrected chi connectivity index (χ4v) is 1.31. The van der Waals surface area contributed by atoms with E-state index in [-0.39, 0.29) is 0 Å². The molecular formula is C6H3Cl4N. The van der Waals surface area contributed by atoms with E-state index in [1.165, 1.54) is 6.07 Å². The predicted molar refractivity (Wildman–Crippen MR) is 48.7 cm³/mol. The van der Waals surface area contributed by atoms with Crippen LogP contribution in [0.3, 0.4) is 0 Å². The molecule has 0 unspecified atom stereocenters. The summed E-state index contributed by atoms with van der Waals surface area (Å²) in [6.07, 6.45) is 0. The van der Waals surface area contributed by atoms with Crippen molar-refractivity contribution in [1.82, 2.24) is 4.98 Å². The normalized spacial score (nSPS) is 10.6. The third-order valence-electron chi connectivity index (χ3n) is 1.00. The largest absolute Gasteiger partial charge is 0.238 e. The number of aromatic nitrogens is 1. The summed E-state index contributed by atoms with van der Waals surface area (Å²) in [5, 5.41) is 0.769. The third kappa shape index (κ3) is 2.68. The molecular weight excluding hydrogens is 228 g/mol. The average molecular weight is 231 g/mol. The first-order valence-electron chi connectivity index (χ1n) is 2.70. The number of rotatable bonds is 1. The van der Waals surface area contributed by atoms with Gasteiger partial charge in [0.25, 0.3) is 0 Å². The van der Waals surface area contributed by atoms with Crippen LogP contribution in [0.1, 0.15) is 10.5 Å². The molecule has 1 aromatic rings. The minimum absolute atomic E-state index is 0.291. The first kappa shape index (κ1) is 9.40. The van der Waals surface area contributed by atoms with Gasteiger partial charge >= 0.3 is 0 Å². The molecule has 0 N–H and O–H groups in total. The quantitative estimate of drug-likeness (QED) is 0.528. The van der Waals surface area contributed by atoms with E-state index in [1.54, 1.807) is 6.07 Å². The molecule has 0 spiro atoms. The van der Waals surface area contributed by atoms with Gasteiger partial charge in [0.1, 0.15) is 9.99 Å². The third-order valence-corrected chi connectivity index (χ3v) is 1.86. The molecule has 0 aliphatic rings. The first-order valence-corrected chi connectivity index (χ1v) is 4.33. The lowest BCUT2D eigenvalue weighted by Gasteiger charge is -2.00. The highest BCUT2D eigenvalue weighted by molar-refractivity contribution is 6.44. The van der Waals surface area contributed by atoms with E-state index in [0.29, 0.717) is 15.9 Å². The average Bonchev–Trinajstić information content (AvgIpc) is 1.85. The second-order valence-corrected chi connectivity index (χ2v) is 3.75. The van der Waals surface area contributed by atoms with E-state index >= 15 is 0 Å². The Morgan fingerprint density at radius 3 is 2.27 bits per heavy atom. The Kier molecular flexibility index (Phi) is 3.26. The fourth-order valence-electron chi connectivity index (χ4n) is 0.596. The standard InChI is InChI=1S/C6H3Cl4N/c7-3-1-4(6(9)10)11-5(8)2-3/h1-2,6H. The number of hydrogen-bond donors (Lipinski definition) is 0. The van der Waals surface area contributed by atoms with Gasteiger partial charge in [0.15, 0.2) is 0 Å². The Balaban J connectivity index is 3.08. The van der Waals surface area contributed by atoms with Gasteiger partial charge in [-0.15, -0.1) is 0 Å². The van der Waals surface area contributed by atoms with Crippen LogP contribution in [0.5, 0.6) is 0 Å². The van der Waals surface area contributed by atoms with E-state index in [1.807, 2.05) is 0 Å². The van der Waals surface area contributed by atoms with Gasteiger partial charge < -0.3 is 0 Å². The Morgan fingerprint density at radius 2 is 1.82 bits per heavy atom. The van der Waals surface area contributed by atoms with Crippen molar-refractivity contribution >= 4 is 46.4 Å². The smallest absolute Gasteiger partial charge is 0.149 e. The molecule has 1 heterocycles. The molecule has 0 radical (unpaired) electrons. The van der Waals surface area contributed by atoms with Crippen LogP contribution >= 0.6 is 46.4 Å². The van der Waals surface area contributed by atoms with Gasteiger partial charge in [0.2, 0.25) is 0 Å². The molecule has 0 amide bonds. The second kappa shape index (κ2) is 3.81. The highest BCUT2D eigenvalue weighted by Crippen LogP contribution is 2.26. The minimum Gasteiger partial charge on any atom is -0.238 e. The van der Waals surface area contributed by atoms with Gasteiger partial charge in [-0.05, 0) is 12.1 Å². The maximum absolute atomic E-state index is 5.65. The Labute approximate surface area is 84.2 Å². The van der Waals surface area contributed by atoms with E-state index in [9.17, 15) is 0 Å². The zero-order chi connectivity index (χ0) is 8.43. The van der Waals surface area contributed by atoms with Gasteiger partial charge in [-0.3, -0.25) is 0 Å². The second-order valence-electron chi connectivity index (χ2n) is 1.83. The molecule has 0 saturated heterocycles. The van der Waals surface area contributed by atoms with Crippen LogP contribution in [-0.2, 0) is 0 Å². The summed E-state index contributed by atoms with van der Waals surface area (Å²) >= 11 is 22.3. The summed E-state index contributed by atoms with van der Waals surface area (Å²) in [5.74, 6) is 0. The SMILES string of the molecule is Clc1cc(Cl)nc(C(Cl)Cl)c1. The van der Waals surface area contributed by atoms with Gasteiger partial charge in [0.05, 0.1) is 5.69 Å². The lowest BCUT2D eigenvalue weighted by molar-refractivity contribution is 1.15. The molecule has 1 nitrogen and oxygen atoms in total. The monoisotopic (exact) mass is 229 g/mol. The summed E-state index contributed by atoms with van der Waals surface area (Å²) in [7, 11) is 0. The topological polar surface area (TPSA) is 12.9 Å². The molecule has 0 atom stereocenters. The fraction of sp³-hybridized carbons (Fsp3) is 0.167. The summed E-state index contributed by atoms with van der Waals surface area (Å²) in [6, 6.07) is 3.08. The number of nitrogens with zero attached hydrogens (tertiary/aromatic N) is 1. The number of hydrogen-bond acceptors (Lipinski definition) is 1. The van der Waals surface area contributed by atoms with Crippen LogP contribution in [0.25, 0.3) is 0 Å². The molecule has 0 bridgehead atoms. The maximum atomic E-state index is 5.65. The molecule has 0 aliphatic carbocycles. The van der Waals surface area contributed by atoms with E-state index in [0.717, 1.165) is 0 Å². The minimum atomic E-state index is -0.689. The van der Waals surface area contributed by atoms with Gasteiger partial charge in [-0.2, -0.15) is 0 Å². The Morgan fingerprint density at radius 1 is 1.18 bits per heavy atom. The van der Waals surface area contributed by atoms with E-state index in [4.69, 9.17) is 46.4 Å². The van der Waals surface area contributed by atoms with Crippen molar-refractivity contribution in [3.63, 3.8) is 0 Å². The zero-order valence-corrected chi connectivity index (χ0v) is 8.21. The number of halogens is 4. The van der Waals surface area contributed by atoms with Gasteiger partial charge in [-0.25, -0.2) is 4.98 Å². The zero-order valence-electron chi connectivity index (χ0n) is 5.19. The number of pyridine rings is 1. The highest BCUT2D eigenvalue weighted by Gasteiger charge is 2.06.